The van der Waals surface area contributed by atoms with Crippen LogP contribution in [0.2, 0.25) is 0 Å². The number of piperidine rings is 1. The van der Waals surface area contributed by atoms with Crippen LogP contribution in [0.3, 0.4) is 0 Å². The third-order valence-electron chi connectivity index (χ3n) is 6.53. The smallest absolute Gasteiger partial charge is 0.294 e. The Balaban J connectivity index is 1.74. The summed E-state index contributed by atoms with van der Waals surface area (Å²) in [5, 5.41) is 12.4. The Kier molecular flexibility index (Phi) is 6.25. The number of aromatic nitrogens is 1. The van der Waals surface area contributed by atoms with E-state index >= 15 is 0 Å². The standard InChI is InChI=1S/C24H29N5O3S/c1-5-27-23(30)22(25(4)24(27)33)14-18-13-16(2)28(17(18)3)19-9-10-20(21(15-19)29(31)32)26-11-7-6-8-12-26/h9-10,13-15H,5-8,11-12H2,1-4H3/b22-14-. The molecule has 0 atom stereocenters. The van der Waals surface area contributed by atoms with Crippen LogP contribution in [0.1, 0.15) is 43.1 Å². The molecule has 0 N–H and O–H groups in total. The van der Waals surface area contributed by atoms with Crippen LogP contribution < -0.4 is 4.90 Å². The maximum Gasteiger partial charge on any atom is 0.294 e. The Morgan fingerprint density at radius 3 is 2.45 bits per heavy atom. The molecule has 9 heteroatoms. The molecule has 8 nitrogen and oxygen atoms in total. The first-order valence-electron chi connectivity index (χ1n) is 11.3. The number of anilines is 1. The van der Waals surface area contributed by atoms with E-state index in [0.29, 0.717) is 23.0 Å². The predicted molar refractivity (Wildman–Crippen MR) is 134 cm³/mol. The second-order valence-corrected chi connectivity index (χ2v) is 8.93. The Morgan fingerprint density at radius 1 is 1.15 bits per heavy atom. The van der Waals surface area contributed by atoms with Crippen molar-refractivity contribution in [2.75, 3.05) is 31.6 Å². The maximum absolute atomic E-state index is 12.8. The Labute approximate surface area is 199 Å². The topological polar surface area (TPSA) is 74.9 Å². The number of likely N-dealkylation sites (N-methyl/N-ethyl adjacent to an activating group) is 2. The largest absolute Gasteiger partial charge is 0.366 e. The van der Waals surface area contributed by atoms with Crippen molar-refractivity contribution in [3.05, 3.63) is 57.0 Å². The first-order chi connectivity index (χ1) is 15.7. The van der Waals surface area contributed by atoms with E-state index in [2.05, 4.69) is 4.90 Å². The molecule has 174 valence electrons. The molecular formula is C24H29N5O3S. The predicted octanol–water partition coefficient (Wildman–Crippen LogP) is 4.41. The monoisotopic (exact) mass is 467 g/mol. The second-order valence-electron chi connectivity index (χ2n) is 8.56. The Hall–Kier alpha value is -3.20. The number of hydrogen-bond acceptors (Lipinski definition) is 5. The lowest BCUT2D eigenvalue weighted by molar-refractivity contribution is -0.384. The normalized spacial score (nSPS) is 18.1. The molecule has 0 bridgehead atoms. The lowest BCUT2D eigenvalue weighted by Crippen LogP contribution is -2.30. The minimum absolute atomic E-state index is 0.115. The number of nitrogens with zero attached hydrogens (tertiary/aromatic N) is 5. The highest BCUT2D eigenvalue weighted by molar-refractivity contribution is 7.80. The van der Waals surface area contributed by atoms with Crippen LogP contribution in [-0.2, 0) is 4.79 Å². The molecule has 4 rings (SSSR count). The van der Waals surface area contributed by atoms with Gasteiger partial charge in [-0.05, 0) is 82.1 Å². The van der Waals surface area contributed by atoms with Gasteiger partial charge in [-0.2, -0.15) is 0 Å². The van der Waals surface area contributed by atoms with Crippen LogP contribution >= 0.6 is 12.2 Å². The molecule has 2 aromatic rings. The zero-order valence-electron chi connectivity index (χ0n) is 19.5. The van der Waals surface area contributed by atoms with Crippen molar-refractivity contribution in [2.24, 2.45) is 0 Å². The fraction of sp³-hybridized carbons (Fsp3) is 0.417. The summed E-state index contributed by atoms with van der Waals surface area (Å²) in [7, 11) is 1.80. The number of rotatable bonds is 5. The minimum atomic E-state index is -0.295. The van der Waals surface area contributed by atoms with Crippen molar-refractivity contribution in [2.45, 2.75) is 40.0 Å². The quantitative estimate of drug-likeness (QED) is 0.281. The Morgan fingerprint density at radius 2 is 1.85 bits per heavy atom. The SMILES string of the molecule is CCN1C(=O)/C(=C/c2cc(C)n(-c3ccc(N4CCCCC4)c([N+](=O)[O-])c3)c2C)N(C)C1=S. The molecule has 0 saturated carbocycles. The van der Waals surface area contributed by atoms with Crippen molar-refractivity contribution in [3.63, 3.8) is 0 Å². The van der Waals surface area contributed by atoms with Crippen molar-refractivity contribution >= 4 is 40.7 Å². The molecule has 33 heavy (non-hydrogen) atoms. The minimum Gasteiger partial charge on any atom is -0.366 e. The van der Waals surface area contributed by atoms with Gasteiger partial charge in [-0.3, -0.25) is 19.8 Å². The number of carbonyl (C=O) groups excluding carboxylic acids is 1. The summed E-state index contributed by atoms with van der Waals surface area (Å²) in [6, 6.07) is 7.45. The van der Waals surface area contributed by atoms with Gasteiger partial charge in [-0.15, -0.1) is 0 Å². The first kappa shape index (κ1) is 23.0. The van der Waals surface area contributed by atoms with Crippen LogP contribution in [0, 0.1) is 24.0 Å². The third kappa shape index (κ3) is 4.01. The molecule has 0 spiro atoms. The van der Waals surface area contributed by atoms with Crippen molar-refractivity contribution in [1.29, 1.82) is 0 Å². The molecule has 0 unspecified atom stereocenters. The molecule has 0 radical (unpaired) electrons. The molecule has 2 aliphatic heterocycles. The molecule has 0 aliphatic carbocycles. The summed E-state index contributed by atoms with van der Waals surface area (Å²) < 4.78 is 1.99. The molecule has 1 aromatic heterocycles. The van der Waals surface area contributed by atoms with E-state index in [-0.39, 0.29) is 16.5 Å². The van der Waals surface area contributed by atoms with Crippen LogP contribution in [0.25, 0.3) is 11.8 Å². The van der Waals surface area contributed by atoms with Crippen LogP contribution in [-0.4, -0.2) is 57.0 Å². The lowest BCUT2D eigenvalue weighted by Gasteiger charge is -2.28. The number of nitro groups is 1. The van der Waals surface area contributed by atoms with E-state index in [0.717, 1.165) is 48.6 Å². The molecular weight excluding hydrogens is 438 g/mol. The number of hydrogen-bond donors (Lipinski definition) is 0. The molecule has 1 amide bonds. The van der Waals surface area contributed by atoms with Crippen molar-refractivity contribution in [1.82, 2.24) is 14.4 Å². The van der Waals surface area contributed by atoms with E-state index in [1.54, 1.807) is 22.9 Å². The van der Waals surface area contributed by atoms with Gasteiger partial charge in [0.25, 0.3) is 11.6 Å². The summed E-state index contributed by atoms with van der Waals surface area (Å²) in [5.41, 5.74) is 4.78. The zero-order chi connectivity index (χ0) is 23.9. The highest BCUT2D eigenvalue weighted by Crippen LogP contribution is 2.34. The molecule has 2 fully saturated rings. The van der Waals surface area contributed by atoms with Gasteiger partial charge in [0, 0.05) is 44.1 Å². The van der Waals surface area contributed by atoms with Crippen molar-refractivity contribution < 1.29 is 9.72 Å². The maximum atomic E-state index is 12.8. The number of aryl methyl sites for hydroxylation is 1. The van der Waals surface area contributed by atoms with Gasteiger partial charge in [0.2, 0.25) is 0 Å². The number of nitro benzene ring substituents is 1. The van der Waals surface area contributed by atoms with Gasteiger partial charge in [-0.1, -0.05) is 0 Å². The summed E-state index contributed by atoms with van der Waals surface area (Å²) in [4.78, 5) is 29.8. The summed E-state index contributed by atoms with van der Waals surface area (Å²) in [5.74, 6) is -0.115. The highest BCUT2D eigenvalue weighted by Gasteiger charge is 2.34. The van der Waals surface area contributed by atoms with Crippen LogP contribution in [0.15, 0.2) is 30.0 Å². The van der Waals surface area contributed by atoms with Crippen LogP contribution in [0.4, 0.5) is 11.4 Å². The van der Waals surface area contributed by atoms with Gasteiger partial charge < -0.3 is 14.4 Å². The second kappa shape index (κ2) is 8.97. The van der Waals surface area contributed by atoms with E-state index in [1.165, 1.54) is 6.42 Å². The lowest BCUT2D eigenvalue weighted by atomic mass is 10.1. The highest BCUT2D eigenvalue weighted by atomic mass is 32.1. The van der Waals surface area contributed by atoms with Gasteiger partial charge in [-0.25, -0.2) is 0 Å². The summed E-state index contributed by atoms with van der Waals surface area (Å²) in [6.45, 7) is 8.02. The van der Waals surface area contributed by atoms with Gasteiger partial charge in [0.15, 0.2) is 5.11 Å². The van der Waals surface area contributed by atoms with Gasteiger partial charge in [0.05, 0.1) is 10.6 Å². The van der Waals surface area contributed by atoms with E-state index in [9.17, 15) is 14.9 Å². The van der Waals surface area contributed by atoms with E-state index in [1.807, 2.05) is 49.6 Å². The molecule has 2 aliphatic rings. The fourth-order valence-corrected chi connectivity index (χ4v) is 5.08. The Bertz CT molecular complexity index is 1160. The number of carbonyl (C=O) groups is 1. The summed E-state index contributed by atoms with van der Waals surface area (Å²) in [6.07, 6.45) is 5.12. The number of thiocarbonyl (C=S) groups is 1. The van der Waals surface area contributed by atoms with E-state index < -0.39 is 0 Å². The van der Waals surface area contributed by atoms with Gasteiger partial charge >= 0.3 is 0 Å². The van der Waals surface area contributed by atoms with Crippen molar-refractivity contribution in [3.8, 4) is 5.69 Å². The third-order valence-corrected chi connectivity index (χ3v) is 7.03. The number of benzene rings is 1. The molecule has 1 aromatic carbocycles. The molecule has 3 heterocycles. The van der Waals surface area contributed by atoms with Crippen LogP contribution in [0.5, 0.6) is 0 Å². The zero-order valence-corrected chi connectivity index (χ0v) is 20.3. The van der Waals surface area contributed by atoms with E-state index in [4.69, 9.17) is 12.2 Å². The average Bonchev–Trinajstić information content (AvgIpc) is 3.20. The summed E-state index contributed by atoms with van der Waals surface area (Å²) >= 11 is 5.39. The molecule has 2 saturated heterocycles. The average molecular weight is 468 g/mol. The first-order valence-corrected chi connectivity index (χ1v) is 11.7. The number of amides is 1. The fourth-order valence-electron chi connectivity index (χ4n) is 4.77. The van der Waals surface area contributed by atoms with Gasteiger partial charge in [0.1, 0.15) is 11.4 Å².